The second-order valence-corrected chi connectivity index (χ2v) is 9.81. The van der Waals surface area contributed by atoms with Gasteiger partial charge in [-0.25, -0.2) is 18.7 Å². The third kappa shape index (κ3) is 6.60. The average molecular weight is 547 g/mol. The summed E-state index contributed by atoms with van der Waals surface area (Å²) in [7, 11) is 1.53. The summed E-state index contributed by atoms with van der Waals surface area (Å²) in [4.78, 5) is 19.2. The monoisotopic (exact) mass is 546 g/mol. The van der Waals surface area contributed by atoms with Crippen LogP contribution in [0, 0.1) is 17.0 Å². The Labute approximate surface area is 224 Å². The summed E-state index contributed by atoms with van der Waals surface area (Å²) in [6, 6.07) is 8.25. The molecule has 0 bridgehead atoms. The second kappa shape index (κ2) is 12.6. The molecule has 1 atom stereocenters. The van der Waals surface area contributed by atoms with Crippen LogP contribution in [0.3, 0.4) is 0 Å². The number of pyridine rings is 1. The molecule has 1 unspecified atom stereocenters. The van der Waals surface area contributed by atoms with Crippen LogP contribution < -0.4 is 20.7 Å². The standard InChI is InChI=1S/C28H33F3N4O4/c1-38-21-2-3-25-23(15-21)26(18(16-32)17-33-25)24(31)4-5-28(27(36)34-37)6-8-35(9-7-28)10-11-39-22-13-19(29)12-20(30)14-22/h2-3,12-15,17,24,37H,4-11,16,32H2,1H3,(H,34,36). The van der Waals surface area contributed by atoms with E-state index in [0.717, 1.165) is 18.2 Å². The van der Waals surface area contributed by atoms with Gasteiger partial charge in [-0.1, -0.05) is 0 Å². The molecule has 11 heteroatoms. The maximum atomic E-state index is 15.9. The van der Waals surface area contributed by atoms with Crippen LogP contribution >= 0.6 is 0 Å². The van der Waals surface area contributed by atoms with Gasteiger partial charge >= 0.3 is 0 Å². The van der Waals surface area contributed by atoms with Gasteiger partial charge in [0, 0.05) is 48.4 Å². The lowest BCUT2D eigenvalue weighted by atomic mass is 9.73. The third-order valence-electron chi connectivity index (χ3n) is 7.52. The average Bonchev–Trinajstić information content (AvgIpc) is 2.94. The fourth-order valence-corrected chi connectivity index (χ4v) is 5.26. The van der Waals surface area contributed by atoms with Gasteiger partial charge in [-0.3, -0.25) is 19.9 Å². The van der Waals surface area contributed by atoms with Crippen LogP contribution in [-0.4, -0.2) is 54.3 Å². The van der Waals surface area contributed by atoms with Crippen LogP contribution in [0.5, 0.6) is 11.5 Å². The topological polar surface area (TPSA) is 110 Å². The van der Waals surface area contributed by atoms with E-state index in [4.69, 9.17) is 15.2 Å². The van der Waals surface area contributed by atoms with E-state index in [0.29, 0.717) is 60.3 Å². The van der Waals surface area contributed by atoms with Gasteiger partial charge in [0.25, 0.3) is 0 Å². The van der Waals surface area contributed by atoms with Gasteiger partial charge in [-0.15, -0.1) is 0 Å². The molecule has 39 heavy (non-hydrogen) atoms. The van der Waals surface area contributed by atoms with E-state index in [2.05, 4.69) is 9.88 Å². The van der Waals surface area contributed by atoms with E-state index in [-0.39, 0.29) is 31.7 Å². The number of piperidine rings is 1. The molecule has 0 saturated carbocycles. The third-order valence-corrected chi connectivity index (χ3v) is 7.52. The number of hydroxylamine groups is 1. The number of methoxy groups -OCH3 is 1. The first kappa shape index (κ1) is 28.6. The minimum Gasteiger partial charge on any atom is -0.497 e. The number of nitrogens with zero attached hydrogens (tertiary/aromatic N) is 2. The van der Waals surface area contributed by atoms with Crippen molar-refractivity contribution in [2.24, 2.45) is 11.1 Å². The Balaban J connectivity index is 1.41. The summed E-state index contributed by atoms with van der Waals surface area (Å²) in [5.41, 5.74) is 8.36. The Bertz CT molecular complexity index is 1280. The van der Waals surface area contributed by atoms with Crippen molar-refractivity contribution >= 4 is 16.8 Å². The van der Waals surface area contributed by atoms with Crippen molar-refractivity contribution in [3.05, 3.63) is 65.4 Å². The molecule has 210 valence electrons. The van der Waals surface area contributed by atoms with Crippen molar-refractivity contribution in [3.63, 3.8) is 0 Å². The highest BCUT2D eigenvalue weighted by Gasteiger charge is 2.41. The summed E-state index contributed by atoms with van der Waals surface area (Å²) < 4.78 is 53.4. The number of hydrogen-bond donors (Lipinski definition) is 3. The highest BCUT2D eigenvalue weighted by Crippen LogP contribution is 2.41. The number of benzene rings is 2. The number of ether oxygens (including phenoxy) is 2. The van der Waals surface area contributed by atoms with Crippen molar-refractivity contribution in [3.8, 4) is 11.5 Å². The van der Waals surface area contributed by atoms with Gasteiger partial charge < -0.3 is 15.2 Å². The van der Waals surface area contributed by atoms with Crippen LogP contribution in [0.25, 0.3) is 10.9 Å². The number of nitrogens with two attached hydrogens (primary N) is 1. The number of carbonyl (C=O) groups excluding carboxylic acids is 1. The molecule has 1 saturated heterocycles. The van der Waals surface area contributed by atoms with Gasteiger partial charge in [0.15, 0.2) is 0 Å². The highest BCUT2D eigenvalue weighted by atomic mass is 19.1. The molecular formula is C28H33F3N4O4. The molecule has 8 nitrogen and oxygen atoms in total. The fourth-order valence-electron chi connectivity index (χ4n) is 5.26. The molecule has 1 aliphatic rings. The van der Waals surface area contributed by atoms with Crippen LogP contribution in [0.15, 0.2) is 42.6 Å². The number of halogens is 3. The minimum absolute atomic E-state index is 0.0466. The van der Waals surface area contributed by atoms with Crippen LogP contribution in [0.2, 0.25) is 0 Å². The largest absolute Gasteiger partial charge is 0.497 e. The van der Waals surface area contributed by atoms with Gasteiger partial charge in [0.05, 0.1) is 18.0 Å². The van der Waals surface area contributed by atoms with Crippen molar-refractivity contribution < 1.29 is 32.6 Å². The molecule has 0 aliphatic carbocycles. The van der Waals surface area contributed by atoms with Crippen LogP contribution in [-0.2, 0) is 11.3 Å². The van der Waals surface area contributed by atoms with Gasteiger partial charge in [-0.05, 0) is 62.5 Å². The minimum atomic E-state index is -1.41. The van der Waals surface area contributed by atoms with Gasteiger partial charge in [-0.2, -0.15) is 0 Å². The number of amides is 1. The zero-order valence-electron chi connectivity index (χ0n) is 21.8. The highest BCUT2D eigenvalue weighted by molar-refractivity contribution is 5.85. The smallest absolute Gasteiger partial charge is 0.249 e. The van der Waals surface area contributed by atoms with Gasteiger partial charge in [0.1, 0.15) is 35.9 Å². The summed E-state index contributed by atoms with van der Waals surface area (Å²) in [6.07, 6.45) is 1.22. The van der Waals surface area contributed by atoms with Crippen molar-refractivity contribution in [1.82, 2.24) is 15.4 Å². The van der Waals surface area contributed by atoms with Gasteiger partial charge in [0.2, 0.25) is 5.91 Å². The van der Waals surface area contributed by atoms with E-state index in [1.165, 1.54) is 7.11 Å². The molecule has 1 amide bonds. The number of hydrogen-bond acceptors (Lipinski definition) is 7. The molecule has 4 rings (SSSR count). The van der Waals surface area contributed by atoms with Crippen molar-refractivity contribution in [2.45, 2.75) is 38.4 Å². The molecule has 2 aromatic carbocycles. The molecular weight excluding hydrogens is 513 g/mol. The second-order valence-electron chi connectivity index (χ2n) is 9.81. The lowest BCUT2D eigenvalue weighted by molar-refractivity contribution is -0.143. The van der Waals surface area contributed by atoms with E-state index < -0.39 is 29.1 Å². The summed E-state index contributed by atoms with van der Waals surface area (Å²) in [6.45, 7) is 1.81. The first-order valence-electron chi connectivity index (χ1n) is 12.8. The Hall–Kier alpha value is -3.41. The predicted octanol–water partition coefficient (Wildman–Crippen LogP) is 4.44. The van der Waals surface area contributed by atoms with Crippen LogP contribution in [0.1, 0.15) is 43.0 Å². The fraction of sp³-hybridized carbons (Fsp3) is 0.429. The number of rotatable bonds is 11. The molecule has 2 heterocycles. The molecule has 1 aliphatic heterocycles. The number of alkyl halides is 1. The Morgan fingerprint density at radius 2 is 1.90 bits per heavy atom. The Morgan fingerprint density at radius 3 is 2.54 bits per heavy atom. The molecule has 0 radical (unpaired) electrons. The number of aromatic nitrogens is 1. The normalized spacial score (nSPS) is 16.2. The summed E-state index contributed by atoms with van der Waals surface area (Å²) in [5.74, 6) is -1.30. The number of nitrogens with one attached hydrogen (secondary N) is 1. The molecule has 1 aromatic heterocycles. The van der Waals surface area contributed by atoms with E-state index >= 15 is 4.39 Å². The lowest BCUT2D eigenvalue weighted by Gasteiger charge is -2.40. The van der Waals surface area contributed by atoms with Crippen LogP contribution in [0.4, 0.5) is 13.2 Å². The predicted molar refractivity (Wildman–Crippen MR) is 139 cm³/mol. The number of likely N-dealkylation sites (tertiary alicyclic amines) is 1. The van der Waals surface area contributed by atoms with E-state index in [9.17, 15) is 18.8 Å². The molecule has 3 aromatic rings. The zero-order chi connectivity index (χ0) is 28.0. The van der Waals surface area contributed by atoms with Crippen molar-refractivity contribution in [2.75, 3.05) is 33.4 Å². The summed E-state index contributed by atoms with van der Waals surface area (Å²) >= 11 is 0. The van der Waals surface area contributed by atoms with E-state index in [1.807, 2.05) is 0 Å². The maximum absolute atomic E-state index is 15.9. The van der Waals surface area contributed by atoms with Crippen molar-refractivity contribution in [1.29, 1.82) is 0 Å². The molecule has 0 spiro atoms. The quantitative estimate of drug-likeness (QED) is 0.241. The first-order chi connectivity index (χ1) is 18.8. The number of carbonyl (C=O) groups is 1. The maximum Gasteiger partial charge on any atom is 0.249 e. The first-order valence-corrected chi connectivity index (χ1v) is 12.8. The SMILES string of the molecule is COc1ccc2ncc(CN)c(C(F)CCC3(C(=O)NO)CCN(CCOc4cc(F)cc(F)c4)CC3)c2c1. The van der Waals surface area contributed by atoms with E-state index in [1.54, 1.807) is 29.9 Å². The Morgan fingerprint density at radius 1 is 1.18 bits per heavy atom. The molecule has 4 N–H and O–H groups in total. The Kier molecular flexibility index (Phi) is 9.26. The number of fused-ring (bicyclic) bond motifs is 1. The summed E-state index contributed by atoms with van der Waals surface area (Å²) in [5, 5.41) is 10.1. The lowest BCUT2D eigenvalue weighted by Crippen LogP contribution is -2.49. The molecule has 1 fully saturated rings. The zero-order valence-corrected chi connectivity index (χ0v) is 21.8.